The molecule has 6 nitrogen and oxygen atoms in total. The van der Waals surface area contributed by atoms with Gasteiger partial charge in [0.25, 0.3) is 11.6 Å². The van der Waals surface area contributed by atoms with Gasteiger partial charge in [-0.3, -0.25) is 14.9 Å². The first-order valence-corrected chi connectivity index (χ1v) is 5.32. The molecule has 1 amide bonds. The summed E-state index contributed by atoms with van der Waals surface area (Å²) < 4.78 is 0. The number of carbonyl (C=O) groups is 1. The SMILES string of the molecule is CN(C(=O)c1cccc([N+](=O)[O-])c1)C1CNC1. The molecule has 1 N–H and O–H groups in total. The molecule has 0 unspecified atom stereocenters. The summed E-state index contributed by atoms with van der Waals surface area (Å²) in [5, 5.41) is 13.7. The standard InChI is InChI=1S/C11H13N3O3/c1-13(10-6-12-7-10)11(15)8-3-2-4-9(5-8)14(16)17/h2-5,10,12H,6-7H2,1H3. The normalized spacial score (nSPS) is 15.1. The third kappa shape index (κ3) is 2.26. The minimum absolute atomic E-state index is 0.0593. The molecule has 6 heteroatoms. The summed E-state index contributed by atoms with van der Waals surface area (Å²) in [6.45, 7) is 1.55. The highest BCUT2D eigenvalue weighted by atomic mass is 16.6. The molecule has 1 aliphatic rings. The van der Waals surface area contributed by atoms with Crippen molar-refractivity contribution in [1.29, 1.82) is 0 Å². The van der Waals surface area contributed by atoms with E-state index in [-0.39, 0.29) is 17.6 Å². The Morgan fingerprint density at radius 1 is 1.53 bits per heavy atom. The van der Waals surface area contributed by atoms with Crippen LogP contribution in [0.5, 0.6) is 0 Å². The van der Waals surface area contributed by atoms with Crippen LogP contribution in [0.1, 0.15) is 10.4 Å². The lowest BCUT2D eigenvalue weighted by Gasteiger charge is -2.35. The van der Waals surface area contributed by atoms with Gasteiger partial charge in [-0.2, -0.15) is 0 Å². The van der Waals surface area contributed by atoms with E-state index in [2.05, 4.69) is 5.32 Å². The molecule has 0 aromatic heterocycles. The van der Waals surface area contributed by atoms with Crippen molar-refractivity contribution in [2.24, 2.45) is 0 Å². The molecule has 0 bridgehead atoms. The van der Waals surface area contributed by atoms with Gasteiger partial charge in [0.2, 0.25) is 0 Å². The van der Waals surface area contributed by atoms with Crippen LogP contribution in [0.15, 0.2) is 24.3 Å². The van der Waals surface area contributed by atoms with Gasteiger partial charge in [-0.25, -0.2) is 0 Å². The molecule has 17 heavy (non-hydrogen) atoms. The molecule has 0 radical (unpaired) electrons. The van der Waals surface area contributed by atoms with Gasteiger partial charge in [0.1, 0.15) is 0 Å². The minimum Gasteiger partial charge on any atom is -0.336 e. The number of nitrogens with one attached hydrogen (secondary N) is 1. The first kappa shape index (κ1) is 11.5. The number of hydrogen-bond acceptors (Lipinski definition) is 4. The largest absolute Gasteiger partial charge is 0.336 e. The second kappa shape index (κ2) is 4.50. The summed E-state index contributed by atoms with van der Waals surface area (Å²) in [5.74, 6) is -0.180. The molecular weight excluding hydrogens is 222 g/mol. The first-order chi connectivity index (χ1) is 8.09. The highest BCUT2D eigenvalue weighted by Crippen LogP contribution is 2.16. The Hall–Kier alpha value is -1.95. The highest BCUT2D eigenvalue weighted by Gasteiger charge is 2.26. The van der Waals surface area contributed by atoms with Gasteiger partial charge in [0.15, 0.2) is 0 Å². The number of amides is 1. The lowest BCUT2D eigenvalue weighted by Crippen LogP contribution is -2.57. The maximum atomic E-state index is 12.0. The van der Waals surface area contributed by atoms with Crippen molar-refractivity contribution in [3.8, 4) is 0 Å². The lowest BCUT2D eigenvalue weighted by molar-refractivity contribution is -0.384. The van der Waals surface area contributed by atoms with Crippen molar-refractivity contribution in [2.45, 2.75) is 6.04 Å². The summed E-state index contributed by atoms with van der Waals surface area (Å²) in [6, 6.07) is 5.99. The Bertz CT molecular complexity index is 457. The Labute approximate surface area is 98.4 Å². The van der Waals surface area contributed by atoms with E-state index in [1.165, 1.54) is 18.2 Å². The topological polar surface area (TPSA) is 75.5 Å². The van der Waals surface area contributed by atoms with E-state index in [4.69, 9.17) is 0 Å². The van der Waals surface area contributed by atoms with Crippen molar-refractivity contribution in [3.63, 3.8) is 0 Å². The van der Waals surface area contributed by atoms with Gasteiger partial charge in [-0.05, 0) is 6.07 Å². The van der Waals surface area contributed by atoms with Crippen LogP contribution in [-0.4, -0.2) is 41.9 Å². The Kier molecular flexibility index (Phi) is 3.06. The number of nitrogens with zero attached hydrogens (tertiary/aromatic N) is 2. The van der Waals surface area contributed by atoms with Crippen LogP contribution in [0, 0.1) is 10.1 Å². The van der Waals surface area contributed by atoms with E-state index in [0.717, 1.165) is 13.1 Å². The third-order valence-electron chi connectivity index (χ3n) is 2.93. The van der Waals surface area contributed by atoms with Crippen molar-refractivity contribution < 1.29 is 9.72 Å². The fourth-order valence-electron chi connectivity index (χ4n) is 1.67. The summed E-state index contributed by atoms with van der Waals surface area (Å²) >= 11 is 0. The van der Waals surface area contributed by atoms with Crippen LogP contribution >= 0.6 is 0 Å². The van der Waals surface area contributed by atoms with Crippen LogP contribution in [0.4, 0.5) is 5.69 Å². The predicted octanol–water partition coefficient (Wildman–Crippen LogP) is 0.639. The zero-order valence-electron chi connectivity index (χ0n) is 9.42. The number of benzene rings is 1. The number of carbonyl (C=O) groups excluding carboxylic acids is 1. The minimum atomic E-state index is -0.498. The zero-order valence-corrected chi connectivity index (χ0v) is 9.42. The fourth-order valence-corrected chi connectivity index (χ4v) is 1.67. The van der Waals surface area contributed by atoms with Crippen LogP contribution < -0.4 is 5.32 Å². The molecule has 1 saturated heterocycles. The average molecular weight is 235 g/mol. The lowest BCUT2D eigenvalue weighted by atomic mass is 10.1. The van der Waals surface area contributed by atoms with E-state index in [0.29, 0.717) is 5.56 Å². The van der Waals surface area contributed by atoms with Crippen LogP contribution in [-0.2, 0) is 0 Å². The van der Waals surface area contributed by atoms with Crippen molar-refractivity contribution >= 4 is 11.6 Å². The Morgan fingerprint density at radius 3 is 2.76 bits per heavy atom. The Balaban J connectivity index is 2.18. The molecule has 1 aliphatic heterocycles. The maximum Gasteiger partial charge on any atom is 0.270 e. The molecule has 0 aliphatic carbocycles. The average Bonchev–Trinajstić information content (AvgIpc) is 2.25. The number of hydrogen-bond donors (Lipinski definition) is 1. The summed E-state index contributed by atoms with van der Waals surface area (Å²) in [4.78, 5) is 23.8. The fraction of sp³-hybridized carbons (Fsp3) is 0.364. The second-order valence-corrected chi connectivity index (χ2v) is 4.04. The number of non-ortho nitro benzene ring substituents is 1. The van der Waals surface area contributed by atoms with Gasteiger partial charge >= 0.3 is 0 Å². The smallest absolute Gasteiger partial charge is 0.270 e. The van der Waals surface area contributed by atoms with Gasteiger partial charge in [-0.1, -0.05) is 6.07 Å². The monoisotopic (exact) mass is 235 g/mol. The van der Waals surface area contributed by atoms with Crippen LogP contribution in [0.25, 0.3) is 0 Å². The van der Waals surface area contributed by atoms with Crippen molar-refractivity contribution in [3.05, 3.63) is 39.9 Å². The van der Waals surface area contributed by atoms with Gasteiger partial charge in [-0.15, -0.1) is 0 Å². The summed E-state index contributed by atoms with van der Waals surface area (Å²) in [6.07, 6.45) is 0. The van der Waals surface area contributed by atoms with Gasteiger partial charge < -0.3 is 10.2 Å². The van der Waals surface area contributed by atoms with Crippen molar-refractivity contribution in [1.82, 2.24) is 10.2 Å². The molecule has 1 aromatic carbocycles. The molecule has 0 atom stereocenters. The number of rotatable bonds is 3. The molecule has 1 fully saturated rings. The Morgan fingerprint density at radius 2 is 2.24 bits per heavy atom. The second-order valence-electron chi connectivity index (χ2n) is 4.04. The highest BCUT2D eigenvalue weighted by molar-refractivity contribution is 5.95. The van der Waals surface area contributed by atoms with Gasteiger partial charge in [0.05, 0.1) is 11.0 Å². The number of nitro groups is 1. The molecular formula is C11H13N3O3. The summed E-state index contributed by atoms with van der Waals surface area (Å²) in [7, 11) is 1.71. The summed E-state index contributed by atoms with van der Waals surface area (Å²) in [5.41, 5.74) is 0.296. The molecule has 90 valence electrons. The van der Waals surface area contributed by atoms with Crippen LogP contribution in [0.3, 0.4) is 0 Å². The predicted molar refractivity (Wildman–Crippen MR) is 61.8 cm³/mol. The van der Waals surface area contributed by atoms with Crippen molar-refractivity contribution in [2.75, 3.05) is 20.1 Å². The van der Waals surface area contributed by atoms with Crippen LogP contribution in [0.2, 0.25) is 0 Å². The quantitative estimate of drug-likeness (QED) is 0.616. The maximum absolute atomic E-state index is 12.0. The number of nitro benzene ring substituents is 1. The van der Waals surface area contributed by atoms with E-state index >= 15 is 0 Å². The molecule has 0 saturated carbocycles. The van der Waals surface area contributed by atoms with E-state index in [1.54, 1.807) is 18.0 Å². The molecule has 0 spiro atoms. The molecule has 2 rings (SSSR count). The zero-order chi connectivity index (χ0) is 12.4. The molecule has 1 aromatic rings. The van der Waals surface area contributed by atoms with E-state index in [9.17, 15) is 14.9 Å². The van der Waals surface area contributed by atoms with E-state index < -0.39 is 4.92 Å². The molecule has 1 heterocycles. The third-order valence-corrected chi connectivity index (χ3v) is 2.93. The van der Waals surface area contributed by atoms with E-state index in [1.807, 2.05) is 0 Å². The number of likely N-dealkylation sites (N-methyl/N-ethyl adjacent to an activating group) is 1. The van der Waals surface area contributed by atoms with Gasteiger partial charge in [0, 0.05) is 37.8 Å². The first-order valence-electron chi connectivity index (χ1n) is 5.32.